The lowest BCUT2D eigenvalue weighted by atomic mass is 9.86. The van der Waals surface area contributed by atoms with Gasteiger partial charge in [-0.25, -0.2) is 5.10 Å². The molecule has 23 heavy (non-hydrogen) atoms. The van der Waals surface area contributed by atoms with E-state index in [0.717, 1.165) is 6.42 Å². The van der Waals surface area contributed by atoms with Crippen LogP contribution in [0.3, 0.4) is 0 Å². The van der Waals surface area contributed by atoms with Crippen LogP contribution < -0.4 is 16.2 Å². The minimum Gasteiger partial charge on any atom is -0.354 e. The monoisotopic (exact) mass is 320 g/mol. The predicted octanol–water partition coefficient (Wildman–Crippen LogP) is 0.976. The summed E-state index contributed by atoms with van der Waals surface area (Å²) in [5, 5.41) is 11.3. The Labute approximate surface area is 135 Å². The van der Waals surface area contributed by atoms with E-state index in [4.69, 9.17) is 0 Å². The first-order valence-corrected chi connectivity index (χ1v) is 8.26. The number of nitrogens with one attached hydrogen (secondary N) is 3. The highest BCUT2D eigenvalue weighted by atomic mass is 16.2. The van der Waals surface area contributed by atoms with Crippen LogP contribution in [0.25, 0.3) is 0 Å². The van der Waals surface area contributed by atoms with Gasteiger partial charge in [0.1, 0.15) is 5.69 Å². The van der Waals surface area contributed by atoms with Crippen molar-refractivity contribution in [2.75, 3.05) is 13.1 Å². The van der Waals surface area contributed by atoms with Gasteiger partial charge in [-0.2, -0.15) is 5.10 Å². The summed E-state index contributed by atoms with van der Waals surface area (Å²) in [6, 6.07) is 2.60. The smallest absolute Gasteiger partial charge is 0.271 e. The van der Waals surface area contributed by atoms with E-state index in [2.05, 4.69) is 20.8 Å². The number of carbonyl (C=O) groups excluding carboxylic acids is 2. The van der Waals surface area contributed by atoms with Gasteiger partial charge in [-0.05, 0) is 18.4 Å². The molecule has 1 heterocycles. The molecule has 1 aliphatic rings. The Morgan fingerprint density at radius 1 is 1.13 bits per heavy atom. The standard InChI is InChI=1S/C16H24N4O3/c21-14(8-6-12-4-2-1-3-5-12)17-10-11-18-16(23)13-7-9-15(22)20-19-13/h7,9,12H,1-6,8,10-11H2,(H,17,21)(H,18,23)(H,20,22). The van der Waals surface area contributed by atoms with Crippen molar-refractivity contribution in [2.45, 2.75) is 44.9 Å². The van der Waals surface area contributed by atoms with Crippen LogP contribution in [-0.2, 0) is 4.79 Å². The van der Waals surface area contributed by atoms with Crippen molar-refractivity contribution < 1.29 is 9.59 Å². The van der Waals surface area contributed by atoms with Gasteiger partial charge in [-0.1, -0.05) is 32.1 Å². The Balaban J connectivity index is 1.57. The first-order valence-electron chi connectivity index (χ1n) is 8.26. The summed E-state index contributed by atoms with van der Waals surface area (Å²) < 4.78 is 0. The largest absolute Gasteiger partial charge is 0.354 e. The third kappa shape index (κ3) is 6.22. The molecule has 0 bridgehead atoms. The second-order valence-corrected chi connectivity index (χ2v) is 5.95. The van der Waals surface area contributed by atoms with Crippen LogP contribution >= 0.6 is 0 Å². The van der Waals surface area contributed by atoms with E-state index in [1.807, 2.05) is 0 Å². The summed E-state index contributed by atoms with van der Waals surface area (Å²) in [5.41, 5.74) is -0.208. The number of hydrogen-bond donors (Lipinski definition) is 3. The van der Waals surface area contributed by atoms with Gasteiger partial charge in [0.15, 0.2) is 0 Å². The fraction of sp³-hybridized carbons (Fsp3) is 0.625. The zero-order chi connectivity index (χ0) is 16.5. The van der Waals surface area contributed by atoms with Crippen molar-refractivity contribution in [1.29, 1.82) is 0 Å². The number of aromatic nitrogens is 2. The summed E-state index contributed by atoms with van der Waals surface area (Å²) in [5.74, 6) is 0.352. The lowest BCUT2D eigenvalue weighted by Gasteiger charge is -2.20. The maximum Gasteiger partial charge on any atom is 0.271 e. The average Bonchev–Trinajstić information content (AvgIpc) is 2.58. The molecule has 0 unspecified atom stereocenters. The lowest BCUT2D eigenvalue weighted by molar-refractivity contribution is -0.121. The van der Waals surface area contributed by atoms with E-state index < -0.39 is 0 Å². The Hall–Kier alpha value is -2.18. The summed E-state index contributed by atoms with van der Waals surface area (Å²) in [7, 11) is 0. The van der Waals surface area contributed by atoms with Gasteiger partial charge in [0.05, 0.1) is 0 Å². The highest BCUT2D eigenvalue weighted by Gasteiger charge is 2.14. The number of nitrogens with zero attached hydrogens (tertiary/aromatic N) is 1. The SMILES string of the molecule is O=C(CCC1CCCCC1)NCCNC(=O)c1ccc(=O)[nH]n1. The van der Waals surface area contributed by atoms with Crippen molar-refractivity contribution in [3.05, 3.63) is 28.2 Å². The maximum atomic E-state index is 11.8. The van der Waals surface area contributed by atoms with Gasteiger partial charge < -0.3 is 10.6 Å². The lowest BCUT2D eigenvalue weighted by Crippen LogP contribution is -2.35. The Kier molecular flexibility index (Phi) is 6.77. The molecule has 1 fully saturated rings. The summed E-state index contributed by atoms with van der Waals surface area (Å²) in [6.07, 6.45) is 7.91. The van der Waals surface area contributed by atoms with Crippen molar-refractivity contribution in [3.8, 4) is 0 Å². The molecule has 0 radical (unpaired) electrons. The van der Waals surface area contributed by atoms with Gasteiger partial charge >= 0.3 is 0 Å². The third-order valence-corrected chi connectivity index (χ3v) is 4.15. The van der Waals surface area contributed by atoms with Crippen LogP contribution in [0.15, 0.2) is 16.9 Å². The highest BCUT2D eigenvalue weighted by molar-refractivity contribution is 5.91. The molecule has 0 atom stereocenters. The fourth-order valence-electron chi connectivity index (χ4n) is 2.84. The molecular weight excluding hydrogens is 296 g/mol. The first-order chi connectivity index (χ1) is 11.1. The van der Waals surface area contributed by atoms with E-state index in [1.54, 1.807) is 0 Å². The van der Waals surface area contributed by atoms with Gasteiger partial charge in [0, 0.05) is 25.6 Å². The molecule has 2 amide bonds. The highest BCUT2D eigenvalue weighted by Crippen LogP contribution is 2.27. The van der Waals surface area contributed by atoms with Crippen LogP contribution in [0.5, 0.6) is 0 Å². The molecule has 0 aliphatic heterocycles. The molecule has 0 aromatic carbocycles. The average molecular weight is 320 g/mol. The number of aromatic amines is 1. The van der Waals surface area contributed by atoms with Crippen LogP contribution in [-0.4, -0.2) is 35.1 Å². The van der Waals surface area contributed by atoms with Crippen LogP contribution in [0, 0.1) is 5.92 Å². The minimum atomic E-state index is -0.377. The molecular formula is C16H24N4O3. The van der Waals surface area contributed by atoms with E-state index in [0.29, 0.717) is 25.4 Å². The molecule has 3 N–H and O–H groups in total. The van der Waals surface area contributed by atoms with E-state index >= 15 is 0 Å². The number of hydrogen-bond acceptors (Lipinski definition) is 4. The van der Waals surface area contributed by atoms with Gasteiger partial charge in [0.2, 0.25) is 5.91 Å². The molecule has 0 saturated heterocycles. The first kappa shape index (κ1) is 17.2. The molecule has 1 saturated carbocycles. The molecule has 0 spiro atoms. The number of carbonyl (C=O) groups is 2. The van der Waals surface area contributed by atoms with Gasteiger partial charge in [-0.15, -0.1) is 0 Å². The Morgan fingerprint density at radius 2 is 1.87 bits per heavy atom. The summed E-state index contributed by atoms with van der Waals surface area (Å²) in [4.78, 5) is 34.3. The fourth-order valence-corrected chi connectivity index (χ4v) is 2.84. The van der Waals surface area contributed by atoms with Crippen LogP contribution in [0.4, 0.5) is 0 Å². The van der Waals surface area contributed by atoms with E-state index in [-0.39, 0.29) is 23.1 Å². The second kappa shape index (κ2) is 9.07. The molecule has 1 aromatic heterocycles. The van der Waals surface area contributed by atoms with E-state index in [1.165, 1.54) is 44.2 Å². The summed E-state index contributed by atoms with van der Waals surface area (Å²) >= 11 is 0. The Bertz CT molecular complexity index is 558. The number of amides is 2. The van der Waals surface area contributed by atoms with Gasteiger partial charge in [0.25, 0.3) is 11.5 Å². The normalized spacial score (nSPS) is 15.1. The Morgan fingerprint density at radius 3 is 2.57 bits per heavy atom. The molecule has 126 valence electrons. The number of H-pyrrole nitrogens is 1. The summed E-state index contributed by atoms with van der Waals surface area (Å²) in [6.45, 7) is 0.716. The van der Waals surface area contributed by atoms with Crippen molar-refractivity contribution in [2.24, 2.45) is 5.92 Å². The van der Waals surface area contributed by atoms with Crippen molar-refractivity contribution in [1.82, 2.24) is 20.8 Å². The van der Waals surface area contributed by atoms with Crippen LogP contribution in [0.1, 0.15) is 55.4 Å². The molecule has 7 heteroatoms. The zero-order valence-corrected chi connectivity index (χ0v) is 13.3. The molecule has 2 rings (SSSR count). The van der Waals surface area contributed by atoms with Crippen LogP contribution in [0.2, 0.25) is 0 Å². The quantitative estimate of drug-likeness (QED) is 0.651. The maximum absolute atomic E-state index is 11.8. The van der Waals surface area contributed by atoms with Crippen molar-refractivity contribution >= 4 is 11.8 Å². The van der Waals surface area contributed by atoms with E-state index in [9.17, 15) is 14.4 Å². The van der Waals surface area contributed by atoms with Crippen molar-refractivity contribution in [3.63, 3.8) is 0 Å². The molecule has 1 aliphatic carbocycles. The topological polar surface area (TPSA) is 104 Å². The number of rotatable bonds is 7. The molecule has 7 nitrogen and oxygen atoms in total. The molecule has 1 aromatic rings. The second-order valence-electron chi connectivity index (χ2n) is 5.95. The third-order valence-electron chi connectivity index (χ3n) is 4.15. The predicted molar refractivity (Wildman–Crippen MR) is 86.0 cm³/mol. The minimum absolute atomic E-state index is 0.0342. The zero-order valence-electron chi connectivity index (χ0n) is 13.3. The van der Waals surface area contributed by atoms with Gasteiger partial charge in [-0.3, -0.25) is 14.4 Å².